The minimum absolute atomic E-state index is 0.0529. The van der Waals surface area contributed by atoms with Crippen LogP contribution in [0.3, 0.4) is 0 Å². The molecule has 2 aliphatic rings. The second kappa shape index (κ2) is 9.56. The molecule has 2 aromatic heterocycles. The van der Waals surface area contributed by atoms with Crippen LogP contribution < -0.4 is 5.32 Å². The Balaban J connectivity index is 1.43. The fourth-order valence-electron chi connectivity index (χ4n) is 5.16. The van der Waals surface area contributed by atoms with Gasteiger partial charge in [0.2, 0.25) is 0 Å². The Morgan fingerprint density at radius 2 is 1.97 bits per heavy atom. The van der Waals surface area contributed by atoms with Crippen LogP contribution in [0, 0.1) is 24.6 Å². The van der Waals surface area contributed by atoms with Gasteiger partial charge in [0.25, 0.3) is 5.91 Å². The minimum Gasteiger partial charge on any atom is -0.368 e. The van der Waals surface area contributed by atoms with Crippen molar-refractivity contribution < 1.29 is 13.6 Å². The summed E-state index contributed by atoms with van der Waals surface area (Å²) in [6.45, 7) is 6.62. The molecule has 1 amide bonds. The van der Waals surface area contributed by atoms with Crippen LogP contribution in [0.5, 0.6) is 0 Å². The van der Waals surface area contributed by atoms with E-state index in [1.807, 2.05) is 24.0 Å². The summed E-state index contributed by atoms with van der Waals surface area (Å²) in [7, 11) is 0. The number of likely N-dealkylation sites (tertiary alicyclic amines) is 1. The maximum absolute atomic E-state index is 14.0. The van der Waals surface area contributed by atoms with Crippen molar-refractivity contribution in [3.8, 4) is 11.1 Å². The second-order valence-corrected chi connectivity index (χ2v) is 9.50. The lowest BCUT2D eigenvalue weighted by molar-refractivity contribution is 0.0342. The summed E-state index contributed by atoms with van der Waals surface area (Å²) < 4.78 is 26.3. The van der Waals surface area contributed by atoms with E-state index < -0.39 is 6.67 Å². The number of fused-ring (bicyclic) bond motifs is 1. The first kappa shape index (κ1) is 23.1. The van der Waals surface area contributed by atoms with Gasteiger partial charge >= 0.3 is 0 Å². The Kier molecular flexibility index (Phi) is 6.32. The van der Waals surface area contributed by atoms with Crippen molar-refractivity contribution in [1.29, 1.82) is 0 Å². The summed E-state index contributed by atoms with van der Waals surface area (Å²) in [5.41, 5.74) is 4.27. The molecular weight excluding hydrogens is 446 g/mol. The van der Waals surface area contributed by atoms with Gasteiger partial charge in [-0.05, 0) is 55.5 Å². The number of nitrogens with one attached hydrogen (secondary N) is 1. The Hall–Kier alpha value is -3.61. The van der Waals surface area contributed by atoms with Gasteiger partial charge in [0.1, 0.15) is 24.0 Å². The van der Waals surface area contributed by atoms with Crippen LogP contribution in [-0.4, -0.2) is 39.9 Å². The van der Waals surface area contributed by atoms with Crippen LogP contribution in [0.25, 0.3) is 11.1 Å². The number of carbonyl (C=O) groups is 1. The second-order valence-electron chi connectivity index (χ2n) is 9.50. The van der Waals surface area contributed by atoms with Crippen LogP contribution in [0.2, 0.25) is 0 Å². The lowest BCUT2D eigenvalue weighted by Crippen LogP contribution is -2.56. The zero-order chi connectivity index (χ0) is 24.5. The number of hydrogen-bond acceptors (Lipinski definition) is 4. The molecule has 7 heteroatoms. The third-order valence-electron chi connectivity index (χ3n) is 7.18. The molecular formula is C28H28F2N4O. The number of rotatable bonds is 6. The molecule has 5 nitrogen and oxygen atoms in total. The van der Waals surface area contributed by atoms with E-state index >= 15 is 0 Å². The Morgan fingerprint density at radius 3 is 2.66 bits per heavy atom. The van der Waals surface area contributed by atoms with Gasteiger partial charge in [0.15, 0.2) is 0 Å². The van der Waals surface area contributed by atoms with E-state index in [2.05, 4.69) is 21.9 Å². The molecule has 1 aliphatic carbocycles. The highest BCUT2D eigenvalue weighted by Gasteiger charge is 2.45. The highest BCUT2D eigenvalue weighted by molar-refractivity contribution is 5.99. The lowest BCUT2D eigenvalue weighted by atomic mass is 9.64. The van der Waals surface area contributed by atoms with Crippen molar-refractivity contribution in [2.75, 3.05) is 18.4 Å². The first-order chi connectivity index (χ1) is 16.9. The highest BCUT2D eigenvalue weighted by atomic mass is 19.1. The first-order valence-corrected chi connectivity index (χ1v) is 11.9. The zero-order valence-electron chi connectivity index (χ0n) is 19.7. The number of benzene rings is 1. The molecule has 0 bridgehead atoms. The normalized spacial score (nSPS) is 21.3. The average molecular weight is 475 g/mol. The molecule has 1 N–H and O–H groups in total. The number of alkyl halides is 1. The number of amides is 1. The van der Waals surface area contributed by atoms with Gasteiger partial charge in [-0.3, -0.25) is 4.79 Å². The van der Waals surface area contributed by atoms with Crippen LogP contribution >= 0.6 is 0 Å². The molecule has 3 unspecified atom stereocenters. The van der Waals surface area contributed by atoms with Crippen molar-refractivity contribution in [3.05, 3.63) is 89.6 Å². The van der Waals surface area contributed by atoms with Gasteiger partial charge in [-0.1, -0.05) is 36.4 Å². The predicted octanol–water partition coefficient (Wildman–Crippen LogP) is 5.58. The summed E-state index contributed by atoms with van der Waals surface area (Å²) >= 11 is 0. The Labute approximate surface area is 203 Å². The number of hydrogen-bond donors (Lipinski definition) is 1. The maximum Gasteiger partial charge on any atom is 0.273 e. The summed E-state index contributed by atoms with van der Waals surface area (Å²) in [5.74, 6) is 0.999. The fraction of sp³-hybridized carbons (Fsp3) is 0.321. The zero-order valence-corrected chi connectivity index (χ0v) is 19.7. The molecule has 1 aromatic carbocycles. The van der Waals surface area contributed by atoms with Gasteiger partial charge in [-0.25, -0.2) is 18.7 Å². The van der Waals surface area contributed by atoms with E-state index in [1.54, 1.807) is 24.3 Å². The topological polar surface area (TPSA) is 58.1 Å². The van der Waals surface area contributed by atoms with Crippen molar-refractivity contribution in [2.45, 2.75) is 32.5 Å². The van der Waals surface area contributed by atoms with Crippen LogP contribution in [0.1, 0.15) is 34.6 Å². The number of nitrogens with zero attached hydrogens (tertiary/aromatic N) is 3. The maximum atomic E-state index is 14.0. The van der Waals surface area contributed by atoms with Crippen molar-refractivity contribution in [3.63, 3.8) is 0 Å². The number of piperidine rings is 1. The fourth-order valence-corrected chi connectivity index (χ4v) is 5.16. The van der Waals surface area contributed by atoms with Gasteiger partial charge in [-0.15, -0.1) is 0 Å². The molecule has 2 fully saturated rings. The van der Waals surface area contributed by atoms with Crippen LogP contribution in [-0.2, 0) is 6.67 Å². The number of halogens is 2. The van der Waals surface area contributed by atoms with E-state index in [4.69, 9.17) is 0 Å². The standard InChI is InChI=1S/C28H28F2N4O/c1-17-11-21-12-23(15-32-26-10-4-19(13-29)14-31-26)34(16-25(17)21)28(35)27-24(9-3-18(2)33-27)20-5-7-22(30)8-6-20/h3-10,14,21,23,25H,1,11-13,15-16H2,2H3,(H,31,32). The van der Waals surface area contributed by atoms with Gasteiger partial charge < -0.3 is 10.2 Å². The molecule has 3 atom stereocenters. The van der Waals surface area contributed by atoms with E-state index in [0.717, 1.165) is 24.1 Å². The van der Waals surface area contributed by atoms with E-state index in [-0.39, 0.29) is 17.8 Å². The summed E-state index contributed by atoms with van der Waals surface area (Å²) in [4.78, 5) is 24.8. The number of aryl methyl sites for hydroxylation is 1. The monoisotopic (exact) mass is 474 g/mol. The Bertz CT molecular complexity index is 1240. The van der Waals surface area contributed by atoms with Crippen molar-refractivity contribution in [1.82, 2.24) is 14.9 Å². The third-order valence-corrected chi connectivity index (χ3v) is 7.18. The largest absolute Gasteiger partial charge is 0.368 e. The molecule has 180 valence electrons. The molecule has 1 aliphatic heterocycles. The van der Waals surface area contributed by atoms with Crippen molar-refractivity contribution in [2.24, 2.45) is 11.8 Å². The van der Waals surface area contributed by atoms with Crippen LogP contribution in [0.4, 0.5) is 14.6 Å². The molecule has 35 heavy (non-hydrogen) atoms. The SMILES string of the molecule is C=C1CC2CC(CNc3ccc(CF)cn3)N(C(=O)c3nc(C)ccc3-c3ccc(F)cc3)CC12. The summed E-state index contributed by atoms with van der Waals surface area (Å²) in [5, 5.41) is 3.32. The number of aromatic nitrogens is 2. The van der Waals surface area contributed by atoms with E-state index in [0.29, 0.717) is 47.6 Å². The molecule has 3 aromatic rings. The lowest BCUT2D eigenvalue weighted by Gasteiger charge is -2.51. The smallest absolute Gasteiger partial charge is 0.273 e. The predicted molar refractivity (Wildman–Crippen MR) is 132 cm³/mol. The van der Waals surface area contributed by atoms with E-state index in [1.165, 1.54) is 23.9 Å². The molecule has 0 spiro atoms. The number of anilines is 1. The third kappa shape index (κ3) is 4.67. The summed E-state index contributed by atoms with van der Waals surface area (Å²) in [6.07, 6.45) is 3.38. The molecule has 5 rings (SSSR count). The Morgan fingerprint density at radius 1 is 1.17 bits per heavy atom. The average Bonchev–Trinajstić information content (AvgIpc) is 2.87. The molecule has 0 radical (unpaired) electrons. The van der Waals surface area contributed by atoms with E-state index in [9.17, 15) is 13.6 Å². The van der Waals surface area contributed by atoms with Crippen molar-refractivity contribution >= 4 is 11.7 Å². The van der Waals surface area contributed by atoms with Gasteiger partial charge in [0, 0.05) is 48.1 Å². The van der Waals surface area contributed by atoms with Gasteiger partial charge in [0.05, 0.1) is 0 Å². The number of carbonyl (C=O) groups excluding carboxylic acids is 1. The first-order valence-electron chi connectivity index (χ1n) is 11.9. The molecule has 3 heterocycles. The highest BCUT2D eigenvalue weighted by Crippen LogP contribution is 2.46. The molecule has 1 saturated carbocycles. The van der Waals surface area contributed by atoms with Gasteiger partial charge in [-0.2, -0.15) is 0 Å². The quantitative estimate of drug-likeness (QED) is 0.474. The number of pyridine rings is 2. The van der Waals surface area contributed by atoms with Crippen LogP contribution in [0.15, 0.2) is 66.9 Å². The summed E-state index contributed by atoms with van der Waals surface area (Å²) in [6, 6.07) is 13.3. The minimum atomic E-state index is -0.551. The molecule has 1 saturated heterocycles.